The van der Waals surface area contributed by atoms with Gasteiger partial charge in [0.2, 0.25) is 5.91 Å². The van der Waals surface area contributed by atoms with E-state index in [2.05, 4.69) is 48.3 Å². The molecule has 6 nitrogen and oxygen atoms in total. The van der Waals surface area contributed by atoms with Crippen LogP contribution in [0.3, 0.4) is 0 Å². The van der Waals surface area contributed by atoms with Gasteiger partial charge in [0.25, 0.3) is 0 Å². The number of nitrogens with zero attached hydrogens (tertiary/aromatic N) is 2. The molecule has 1 aromatic heterocycles. The number of hydrogen-bond donors (Lipinski definition) is 1. The summed E-state index contributed by atoms with van der Waals surface area (Å²) in [6, 6.07) is 12.6. The molecule has 162 valence electrons. The van der Waals surface area contributed by atoms with Gasteiger partial charge in [-0.1, -0.05) is 38.1 Å². The molecule has 1 aliphatic rings. The van der Waals surface area contributed by atoms with Gasteiger partial charge < -0.3 is 14.6 Å². The van der Waals surface area contributed by atoms with E-state index in [1.54, 1.807) is 6.07 Å². The summed E-state index contributed by atoms with van der Waals surface area (Å²) >= 11 is 0. The molecule has 1 fully saturated rings. The summed E-state index contributed by atoms with van der Waals surface area (Å²) in [5, 5.41) is 3.04. The smallest absolute Gasteiger partial charge is 0.354 e. The van der Waals surface area contributed by atoms with Crippen molar-refractivity contribution in [1.82, 2.24) is 14.8 Å². The fourth-order valence-electron chi connectivity index (χ4n) is 4.02. The van der Waals surface area contributed by atoms with Crippen molar-refractivity contribution < 1.29 is 14.3 Å². The van der Waals surface area contributed by atoms with Crippen molar-refractivity contribution in [2.45, 2.75) is 45.1 Å². The zero-order valence-electron chi connectivity index (χ0n) is 18.3. The monoisotopic (exact) mass is 411 g/mol. The van der Waals surface area contributed by atoms with Crippen LogP contribution in [-0.4, -0.2) is 54.6 Å². The third-order valence-corrected chi connectivity index (χ3v) is 5.87. The van der Waals surface area contributed by atoms with Crippen LogP contribution in [0.1, 0.15) is 60.3 Å². The number of esters is 1. The van der Waals surface area contributed by atoms with Gasteiger partial charge in [0.15, 0.2) is 0 Å². The molecule has 1 N–H and O–H groups in total. The summed E-state index contributed by atoms with van der Waals surface area (Å²) < 4.78 is 6.87. The summed E-state index contributed by atoms with van der Waals surface area (Å²) in [6.45, 7) is 7.14. The second-order valence-electron chi connectivity index (χ2n) is 8.30. The van der Waals surface area contributed by atoms with Crippen LogP contribution in [-0.2, 0) is 16.0 Å². The van der Waals surface area contributed by atoms with Gasteiger partial charge >= 0.3 is 5.97 Å². The first-order valence-corrected chi connectivity index (χ1v) is 10.8. The molecule has 0 radical (unpaired) electrons. The van der Waals surface area contributed by atoms with Crippen LogP contribution in [0.4, 0.5) is 0 Å². The van der Waals surface area contributed by atoms with Crippen molar-refractivity contribution in [1.29, 1.82) is 0 Å². The number of ether oxygens (including phenoxy) is 1. The van der Waals surface area contributed by atoms with Crippen LogP contribution in [0.15, 0.2) is 42.6 Å². The number of piperidine rings is 1. The molecule has 6 heteroatoms. The molecular weight excluding hydrogens is 378 g/mol. The van der Waals surface area contributed by atoms with Gasteiger partial charge in [0, 0.05) is 31.9 Å². The lowest BCUT2D eigenvalue weighted by Crippen LogP contribution is -2.42. The third kappa shape index (κ3) is 5.72. The van der Waals surface area contributed by atoms with E-state index in [4.69, 9.17) is 4.74 Å². The molecule has 30 heavy (non-hydrogen) atoms. The molecule has 1 amide bonds. The highest BCUT2D eigenvalue weighted by molar-refractivity contribution is 5.87. The lowest BCUT2D eigenvalue weighted by atomic mass is 10.0. The first-order valence-electron chi connectivity index (χ1n) is 10.8. The Morgan fingerprint density at radius 1 is 1.13 bits per heavy atom. The lowest BCUT2D eigenvalue weighted by molar-refractivity contribution is -0.122. The molecule has 1 aliphatic heterocycles. The quantitative estimate of drug-likeness (QED) is 0.677. The fourth-order valence-corrected chi connectivity index (χ4v) is 4.02. The van der Waals surface area contributed by atoms with Gasteiger partial charge in [-0.15, -0.1) is 0 Å². The van der Waals surface area contributed by atoms with Crippen molar-refractivity contribution in [3.8, 4) is 0 Å². The van der Waals surface area contributed by atoms with Gasteiger partial charge in [-0.2, -0.15) is 0 Å². The number of nitrogens with one attached hydrogen (secondary N) is 1. The fraction of sp³-hybridized carbons (Fsp3) is 0.500. The van der Waals surface area contributed by atoms with Crippen LogP contribution >= 0.6 is 0 Å². The summed E-state index contributed by atoms with van der Waals surface area (Å²) in [5.41, 5.74) is 3.17. The Labute approximate surface area is 179 Å². The number of aromatic nitrogens is 1. The number of likely N-dealkylation sites (tertiary alicyclic amines) is 1. The van der Waals surface area contributed by atoms with E-state index >= 15 is 0 Å². The Kier molecular flexibility index (Phi) is 7.69. The molecule has 1 saturated heterocycles. The van der Waals surface area contributed by atoms with E-state index in [1.165, 1.54) is 18.2 Å². The predicted molar refractivity (Wildman–Crippen MR) is 118 cm³/mol. The summed E-state index contributed by atoms with van der Waals surface area (Å²) in [5.74, 6) is 0.302. The number of hydrogen-bond acceptors (Lipinski definition) is 4. The third-order valence-electron chi connectivity index (χ3n) is 5.87. The Morgan fingerprint density at radius 2 is 1.83 bits per heavy atom. The van der Waals surface area contributed by atoms with Crippen LogP contribution in [0.5, 0.6) is 0 Å². The highest BCUT2D eigenvalue weighted by Gasteiger charge is 2.24. The highest BCUT2D eigenvalue weighted by Crippen LogP contribution is 2.24. The second-order valence-corrected chi connectivity index (χ2v) is 8.30. The van der Waals surface area contributed by atoms with E-state index in [0.717, 1.165) is 32.4 Å². The minimum atomic E-state index is -0.305. The van der Waals surface area contributed by atoms with E-state index in [9.17, 15) is 9.59 Å². The van der Waals surface area contributed by atoms with Crippen molar-refractivity contribution in [2.24, 2.45) is 0 Å². The molecule has 0 aliphatic carbocycles. The van der Waals surface area contributed by atoms with Gasteiger partial charge in [0.1, 0.15) is 5.69 Å². The molecule has 0 atom stereocenters. The Balaban J connectivity index is 1.39. The standard InChI is InChI=1S/C24H33N3O3/c1-18(2)20-8-6-19(7-9-20)10-13-25-23(28)17-26-15-11-21(12-16-26)27-14-4-5-22(27)24(29)30-3/h4-9,14,18,21H,10-13,15-17H2,1-3H3,(H,25,28). The maximum absolute atomic E-state index is 12.3. The molecular formula is C24H33N3O3. The average Bonchev–Trinajstić information content (AvgIpc) is 3.24. The molecule has 0 spiro atoms. The van der Waals surface area contributed by atoms with E-state index in [-0.39, 0.29) is 17.9 Å². The minimum absolute atomic E-state index is 0.0727. The van der Waals surface area contributed by atoms with Crippen molar-refractivity contribution in [3.05, 3.63) is 59.4 Å². The normalized spacial score (nSPS) is 15.3. The van der Waals surface area contributed by atoms with Crippen LogP contribution in [0.25, 0.3) is 0 Å². The Morgan fingerprint density at radius 3 is 2.47 bits per heavy atom. The Hall–Kier alpha value is -2.60. The molecule has 0 unspecified atom stereocenters. The molecule has 1 aromatic carbocycles. The molecule has 0 bridgehead atoms. The predicted octanol–water partition coefficient (Wildman–Crippen LogP) is 3.39. The number of benzene rings is 1. The summed E-state index contributed by atoms with van der Waals surface area (Å²) in [4.78, 5) is 26.4. The second kappa shape index (κ2) is 10.4. The van der Waals surface area contributed by atoms with E-state index < -0.39 is 0 Å². The average molecular weight is 412 g/mol. The number of carbonyl (C=O) groups is 2. The van der Waals surface area contributed by atoms with Gasteiger partial charge in [-0.05, 0) is 48.4 Å². The minimum Gasteiger partial charge on any atom is -0.464 e. The van der Waals surface area contributed by atoms with Crippen molar-refractivity contribution in [2.75, 3.05) is 33.3 Å². The van der Waals surface area contributed by atoms with Gasteiger partial charge in [-0.25, -0.2) is 4.79 Å². The zero-order valence-corrected chi connectivity index (χ0v) is 18.3. The SMILES string of the molecule is COC(=O)c1cccn1C1CCN(CC(=O)NCCc2ccc(C(C)C)cc2)CC1. The summed E-state index contributed by atoms with van der Waals surface area (Å²) in [6.07, 6.45) is 4.60. The topological polar surface area (TPSA) is 63.6 Å². The number of rotatable bonds is 8. The molecule has 2 heterocycles. The molecule has 0 saturated carbocycles. The molecule has 3 rings (SSSR count). The van der Waals surface area contributed by atoms with Crippen molar-refractivity contribution >= 4 is 11.9 Å². The molecule has 2 aromatic rings. The van der Waals surface area contributed by atoms with Crippen LogP contribution < -0.4 is 5.32 Å². The van der Waals surface area contributed by atoms with Crippen LogP contribution in [0, 0.1) is 0 Å². The van der Waals surface area contributed by atoms with Gasteiger partial charge in [-0.3, -0.25) is 9.69 Å². The first-order chi connectivity index (χ1) is 14.5. The number of methoxy groups -OCH3 is 1. The van der Waals surface area contributed by atoms with Crippen LogP contribution in [0.2, 0.25) is 0 Å². The van der Waals surface area contributed by atoms with Crippen molar-refractivity contribution in [3.63, 3.8) is 0 Å². The maximum atomic E-state index is 12.3. The maximum Gasteiger partial charge on any atom is 0.354 e. The largest absolute Gasteiger partial charge is 0.464 e. The van der Waals surface area contributed by atoms with E-state index in [0.29, 0.717) is 24.7 Å². The Bertz CT molecular complexity index is 834. The summed E-state index contributed by atoms with van der Waals surface area (Å²) in [7, 11) is 1.40. The highest BCUT2D eigenvalue weighted by atomic mass is 16.5. The van der Waals surface area contributed by atoms with E-state index in [1.807, 2.05) is 16.8 Å². The lowest BCUT2D eigenvalue weighted by Gasteiger charge is -2.32. The number of amides is 1. The van der Waals surface area contributed by atoms with Gasteiger partial charge in [0.05, 0.1) is 13.7 Å². The first kappa shape index (κ1) is 22.1. The number of carbonyl (C=O) groups excluding carboxylic acids is 2. The zero-order chi connectivity index (χ0) is 21.5.